The number of halogens is 2. The summed E-state index contributed by atoms with van der Waals surface area (Å²) in [5.41, 5.74) is 7.01. The van der Waals surface area contributed by atoms with Crippen molar-refractivity contribution in [3.8, 4) is 28.6 Å². The number of hydrogen-bond donors (Lipinski definition) is 2. The Morgan fingerprint density at radius 2 is 1.81 bits per heavy atom. The first kappa shape index (κ1) is 20.6. The maximum Gasteiger partial charge on any atom is 0.187 e. The molecule has 0 spiro atoms. The summed E-state index contributed by atoms with van der Waals surface area (Å²) in [6.07, 6.45) is 1.49. The molecule has 31 heavy (non-hydrogen) atoms. The molecule has 4 aromatic rings. The lowest BCUT2D eigenvalue weighted by Gasteiger charge is -2.09. The average Bonchev–Trinajstić information content (AvgIpc) is 3.27. The van der Waals surface area contributed by atoms with Gasteiger partial charge in [-0.3, -0.25) is 0 Å². The second-order valence-corrected chi connectivity index (χ2v) is 6.58. The number of fused-ring (bicyclic) bond motifs is 1. The van der Waals surface area contributed by atoms with Gasteiger partial charge in [0.1, 0.15) is 23.6 Å². The monoisotopic (exact) mass is 427 g/mol. The van der Waals surface area contributed by atoms with Gasteiger partial charge in [0, 0.05) is 24.1 Å². The minimum absolute atomic E-state index is 0.0776. The fourth-order valence-electron chi connectivity index (χ4n) is 2.97. The summed E-state index contributed by atoms with van der Waals surface area (Å²) in [5, 5.41) is 18.1. The molecule has 8 nitrogen and oxygen atoms in total. The smallest absolute Gasteiger partial charge is 0.187 e. The number of aromatic nitrogens is 4. The molecule has 0 unspecified atom stereocenters. The summed E-state index contributed by atoms with van der Waals surface area (Å²) in [6, 6.07) is 11.1. The molecule has 3 N–H and O–H groups in total. The molecule has 0 amide bonds. The van der Waals surface area contributed by atoms with E-state index >= 15 is 0 Å². The highest BCUT2D eigenvalue weighted by Gasteiger charge is 2.14. The van der Waals surface area contributed by atoms with E-state index in [-0.39, 0.29) is 5.69 Å². The van der Waals surface area contributed by atoms with E-state index in [2.05, 4.69) is 15.3 Å². The molecule has 0 fully saturated rings. The largest absolute Gasteiger partial charge is 0.503 e. The third-order valence-corrected chi connectivity index (χ3v) is 4.45. The predicted octanol–water partition coefficient (Wildman–Crippen LogP) is 2.82. The second kappa shape index (κ2) is 9.02. The van der Waals surface area contributed by atoms with Gasteiger partial charge in [-0.2, -0.15) is 0 Å². The molecule has 0 radical (unpaired) electrons. The first-order chi connectivity index (χ1) is 15.1. The van der Waals surface area contributed by atoms with Crippen LogP contribution in [0.2, 0.25) is 0 Å². The van der Waals surface area contributed by atoms with Crippen LogP contribution < -0.4 is 10.5 Å². The minimum Gasteiger partial charge on any atom is -0.503 e. The molecule has 0 aliphatic rings. The molecule has 2 aromatic carbocycles. The minimum atomic E-state index is -1.09. The Bertz CT molecular complexity index is 1190. The van der Waals surface area contributed by atoms with Gasteiger partial charge in [-0.15, -0.1) is 5.10 Å². The quantitative estimate of drug-likeness (QED) is 0.416. The number of phenols is 1. The Morgan fingerprint density at radius 3 is 2.58 bits per heavy atom. The number of nitrogens with zero attached hydrogens (tertiary/aromatic N) is 4. The number of hydrogen-bond acceptors (Lipinski definition) is 7. The van der Waals surface area contributed by atoms with Crippen LogP contribution in [0.25, 0.3) is 28.0 Å². The zero-order chi connectivity index (χ0) is 21.8. The van der Waals surface area contributed by atoms with Crippen LogP contribution in [-0.4, -0.2) is 51.4 Å². The molecule has 0 saturated heterocycles. The second-order valence-electron chi connectivity index (χ2n) is 6.58. The third-order valence-electron chi connectivity index (χ3n) is 4.45. The number of ether oxygens (including phenoxy) is 2. The first-order valence-corrected chi connectivity index (χ1v) is 9.48. The summed E-state index contributed by atoms with van der Waals surface area (Å²) < 4.78 is 39.6. The Labute approximate surface area is 175 Å². The zero-order valence-corrected chi connectivity index (χ0v) is 16.3. The van der Waals surface area contributed by atoms with Crippen LogP contribution in [-0.2, 0) is 4.74 Å². The summed E-state index contributed by atoms with van der Waals surface area (Å²) in [4.78, 5) is 4.63. The standard InChI is InChI=1S/C21H19F2N5O3/c22-15-10-14(11-16(23)21(15)29)28-12-18(26-27-28)17-5-4-13-2-1-3-19(20(13)25-17)31-9-8-30-7-6-24/h1-5,10-12,29H,6-9,24H2. The Balaban J connectivity index is 1.61. The van der Waals surface area contributed by atoms with E-state index in [9.17, 15) is 13.9 Å². The lowest BCUT2D eigenvalue weighted by atomic mass is 10.1. The van der Waals surface area contributed by atoms with Crippen molar-refractivity contribution in [2.75, 3.05) is 26.4 Å². The molecular formula is C21H19F2N5O3. The molecule has 10 heteroatoms. The number of rotatable bonds is 8. The van der Waals surface area contributed by atoms with E-state index in [4.69, 9.17) is 15.2 Å². The van der Waals surface area contributed by atoms with Crippen LogP contribution in [0.4, 0.5) is 8.78 Å². The van der Waals surface area contributed by atoms with Gasteiger partial charge < -0.3 is 20.3 Å². The van der Waals surface area contributed by atoms with Crippen molar-refractivity contribution >= 4 is 10.9 Å². The molecule has 0 saturated carbocycles. The van der Waals surface area contributed by atoms with Gasteiger partial charge in [0.25, 0.3) is 0 Å². The van der Waals surface area contributed by atoms with Crippen molar-refractivity contribution in [2.45, 2.75) is 0 Å². The number of para-hydroxylation sites is 1. The van der Waals surface area contributed by atoms with Crippen molar-refractivity contribution in [3.63, 3.8) is 0 Å². The highest BCUT2D eigenvalue weighted by atomic mass is 19.1. The SMILES string of the molecule is NCCOCCOc1cccc2ccc(-c3cn(-c4cc(F)c(O)c(F)c4)nn3)nc12. The van der Waals surface area contributed by atoms with Crippen LogP contribution in [0.1, 0.15) is 0 Å². The van der Waals surface area contributed by atoms with E-state index in [1.54, 1.807) is 12.1 Å². The van der Waals surface area contributed by atoms with Crippen molar-refractivity contribution in [2.24, 2.45) is 5.73 Å². The third kappa shape index (κ3) is 4.44. The zero-order valence-electron chi connectivity index (χ0n) is 16.3. The summed E-state index contributed by atoms with van der Waals surface area (Å²) in [5.74, 6) is -2.63. The predicted molar refractivity (Wildman–Crippen MR) is 109 cm³/mol. The Morgan fingerprint density at radius 1 is 1.00 bits per heavy atom. The highest BCUT2D eigenvalue weighted by Crippen LogP contribution is 2.28. The van der Waals surface area contributed by atoms with Gasteiger partial charge >= 0.3 is 0 Å². The van der Waals surface area contributed by atoms with Crippen molar-refractivity contribution in [1.82, 2.24) is 20.0 Å². The summed E-state index contributed by atoms with van der Waals surface area (Å²) in [6.45, 7) is 1.66. The molecule has 0 aliphatic heterocycles. The summed E-state index contributed by atoms with van der Waals surface area (Å²) >= 11 is 0. The lowest BCUT2D eigenvalue weighted by molar-refractivity contribution is 0.106. The van der Waals surface area contributed by atoms with E-state index < -0.39 is 17.4 Å². The summed E-state index contributed by atoms with van der Waals surface area (Å²) in [7, 11) is 0. The number of nitrogens with two attached hydrogens (primary N) is 1. The normalized spacial score (nSPS) is 11.2. The Hall–Kier alpha value is -3.63. The molecule has 160 valence electrons. The molecule has 4 rings (SSSR count). The van der Waals surface area contributed by atoms with Gasteiger partial charge in [-0.1, -0.05) is 23.4 Å². The van der Waals surface area contributed by atoms with Crippen molar-refractivity contribution in [3.05, 3.63) is 60.3 Å². The maximum atomic E-state index is 13.7. The van der Waals surface area contributed by atoms with Crippen molar-refractivity contribution in [1.29, 1.82) is 0 Å². The van der Waals surface area contributed by atoms with Crippen LogP contribution in [0.15, 0.2) is 48.7 Å². The van der Waals surface area contributed by atoms with Crippen LogP contribution >= 0.6 is 0 Å². The van der Waals surface area contributed by atoms with Gasteiger partial charge in [0.15, 0.2) is 17.4 Å². The van der Waals surface area contributed by atoms with E-state index in [0.29, 0.717) is 49.0 Å². The first-order valence-electron chi connectivity index (χ1n) is 9.48. The fourth-order valence-corrected chi connectivity index (χ4v) is 2.97. The maximum absolute atomic E-state index is 13.7. The van der Waals surface area contributed by atoms with E-state index in [1.165, 1.54) is 10.9 Å². The number of benzene rings is 2. The highest BCUT2D eigenvalue weighted by molar-refractivity contribution is 5.86. The molecular weight excluding hydrogens is 408 g/mol. The van der Waals surface area contributed by atoms with Gasteiger partial charge in [-0.25, -0.2) is 18.4 Å². The van der Waals surface area contributed by atoms with Gasteiger partial charge in [0.05, 0.1) is 30.8 Å². The molecule has 0 atom stereocenters. The number of pyridine rings is 1. The molecule has 0 aliphatic carbocycles. The van der Waals surface area contributed by atoms with Crippen molar-refractivity contribution < 1.29 is 23.4 Å². The Kier molecular flexibility index (Phi) is 6.01. The van der Waals surface area contributed by atoms with Gasteiger partial charge in [-0.05, 0) is 12.1 Å². The van der Waals surface area contributed by atoms with E-state index in [0.717, 1.165) is 17.5 Å². The lowest BCUT2D eigenvalue weighted by Crippen LogP contribution is -2.13. The fraction of sp³-hybridized carbons (Fsp3) is 0.190. The topological polar surface area (TPSA) is 108 Å². The van der Waals surface area contributed by atoms with Gasteiger partial charge in [0.2, 0.25) is 0 Å². The average molecular weight is 427 g/mol. The molecule has 0 bridgehead atoms. The number of phenolic OH excluding ortho intramolecular Hbond substituents is 1. The van der Waals surface area contributed by atoms with Crippen LogP contribution in [0.3, 0.4) is 0 Å². The number of aromatic hydroxyl groups is 1. The van der Waals surface area contributed by atoms with E-state index in [1.807, 2.05) is 18.2 Å². The molecule has 2 aromatic heterocycles. The van der Waals surface area contributed by atoms with Crippen LogP contribution in [0, 0.1) is 11.6 Å². The molecule has 2 heterocycles. The van der Waals surface area contributed by atoms with Crippen LogP contribution in [0.5, 0.6) is 11.5 Å².